The SMILES string of the molecule is CN1CCN([n+]2cc(N=C([O-])CSc3cc(C(C)(C)C)c(O)c(C(C)(C)C)c3)on2)CC1. The predicted molar refractivity (Wildman–Crippen MR) is 125 cm³/mol. The fourth-order valence-electron chi connectivity index (χ4n) is 3.55. The zero-order chi connectivity index (χ0) is 23.7. The fraction of sp³-hybridized carbons (Fsp3) is 0.609. The van der Waals surface area contributed by atoms with Crippen molar-refractivity contribution in [2.75, 3.05) is 44.0 Å². The van der Waals surface area contributed by atoms with Crippen LogP contribution in [0.25, 0.3) is 0 Å². The molecule has 0 spiro atoms. The van der Waals surface area contributed by atoms with E-state index in [0.29, 0.717) is 5.75 Å². The second kappa shape index (κ2) is 9.31. The summed E-state index contributed by atoms with van der Waals surface area (Å²) in [5, 5.41) is 29.4. The molecule has 32 heavy (non-hydrogen) atoms. The van der Waals surface area contributed by atoms with Gasteiger partial charge < -0.3 is 15.1 Å². The summed E-state index contributed by atoms with van der Waals surface area (Å²) in [6.45, 7) is 16.0. The first-order chi connectivity index (χ1) is 14.8. The number of hydrogen-bond acceptors (Lipinski definition) is 8. The molecule has 8 nitrogen and oxygen atoms in total. The van der Waals surface area contributed by atoms with Crippen molar-refractivity contribution in [3.05, 3.63) is 29.5 Å². The molecule has 9 heteroatoms. The van der Waals surface area contributed by atoms with Crippen molar-refractivity contribution in [2.45, 2.75) is 57.3 Å². The number of thioether (sulfide) groups is 1. The van der Waals surface area contributed by atoms with E-state index in [2.05, 4.69) is 68.8 Å². The van der Waals surface area contributed by atoms with Gasteiger partial charge in [0.05, 0.1) is 17.9 Å². The molecule has 1 aliphatic heterocycles. The van der Waals surface area contributed by atoms with Crippen LogP contribution in [-0.4, -0.2) is 60.2 Å². The Labute approximate surface area is 194 Å². The maximum atomic E-state index is 12.5. The maximum absolute atomic E-state index is 12.5. The summed E-state index contributed by atoms with van der Waals surface area (Å²) in [6.07, 6.45) is 1.64. The molecule has 1 fully saturated rings. The Balaban J connectivity index is 1.73. The molecule has 0 atom stereocenters. The van der Waals surface area contributed by atoms with Crippen LogP contribution in [0.5, 0.6) is 5.75 Å². The van der Waals surface area contributed by atoms with Crippen molar-refractivity contribution in [3.8, 4) is 5.75 Å². The first-order valence-electron chi connectivity index (χ1n) is 10.9. The van der Waals surface area contributed by atoms with Crippen LogP contribution in [0.3, 0.4) is 0 Å². The minimum Gasteiger partial charge on any atom is -0.861 e. The van der Waals surface area contributed by atoms with Gasteiger partial charge in [-0.2, -0.15) is 5.01 Å². The lowest BCUT2D eigenvalue weighted by Crippen LogP contribution is -2.64. The average Bonchev–Trinajstić information content (AvgIpc) is 3.14. The van der Waals surface area contributed by atoms with Gasteiger partial charge in [-0.25, -0.2) is 4.99 Å². The molecule has 1 aromatic heterocycles. The number of piperazine rings is 1. The third-order valence-electron chi connectivity index (χ3n) is 5.51. The van der Waals surface area contributed by atoms with Crippen LogP contribution in [-0.2, 0) is 10.8 Å². The van der Waals surface area contributed by atoms with E-state index in [0.717, 1.165) is 42.2 Å². The molecule has 3 rings (SSSR count). The van der Waals surface area contributed by atoms with E-state index in [-0.39, 0.29) is 28.4 Å². The molecule has 1 aliphatic rings. The zero-order valence-corrected chi connectivity index (χ0v) is 21.0. The average molecular weight is 462 g/mol. The predicted octanol–water partition coefficient (Wildman–Crippen LogP) is 2.33. The lowest BCUT2D eigenvalue weighted by molar-refractivity contribution is -0.759. The highest BCUT2D eigenvalue weighted by atomic mass is 32.2. The summed E-state index contributed by atoms with van der Waals surface area (Å²) < 4.78 is 5.24. The third-order valence-corrected chi connectivity index (χ3v) is 6.47. The van der Waals surface area contributed by atoms with Crippen LogP contribution in [0, 0.1) is 0 Å². The Morgan fingerprint density at radius 2 is 1.69 bits per heavy atom. The van der Waals surface area contributed by atoms with Gasteiger partial charge in [0.15, 0.2) is 0 Å². The van der Waals surface area contributed by atoms with Crippen molar-refractivity contribution in [1.82, 2.24) is 10.2 Å². The van der Waals surface area contributed by atoms with E-state index in [4.69, 9.17) is 4.52 Å². The molecule has 0 aliphatic carbocycles. The molecule has 0 unspecified atom stereocenters. The lowest BCUT2D eigenvalue weighted by atomic mass is 9.79. The second-order valence-electron chi connectivity index (χ2n) is 10.4. The number of aromatic nitrogens is 2. The van der Waals surface area contributed by atoms with E-state index < -0.39 is 0 Å². The first kappa shape index (κ1) is 24.4. The Hall–Kier alpha value is -2.26. The normalized spacial score (nSPS) is 16.6. The number of likely N-dealkylation sites (N-methyl/N-ethyl adjacent to an activating group) is 1. The number of aromatic hydroxyl groups is 1. The van der Waals surface area contributed by atoms with Gasteiger partial charge in [-0.05, 0) is 35.9 Å². The molecule has 2 aromatic rings. The number of benzene rings is 1. The van der Waals surface area contributed by atoms with E-state index in [1.165, 1.54) is 11.8 Å². The van der Waals surface area contributed by atoms with E-state index >= 15 is 0 Å². The van der Waals surface area contributed by atoms with Crippen molar-refractivity contribution in [1.29, 1.82) is 0 Å². The van der Waals surface area contributed by atoms with Gasteiger partial charge in [-0.1, -0.05) is 41.5 Å². The summed E-state index contributed by atoms with van der Waals surface area (Å²) >= 11 is 1.41. The van der Waals surface area contributed by atoms with Gasteiger partial charge in [0.25, 0.3) is 6.20 Å². The van der Waals surface area contributed by atoms with E-state index in [1.807, 2.05) is 12.1 Å². The minimum atomic E-state index is -0.292. The Morgan fingerprint density at radius 1 is 1.12 bits per heavy atom. The number of hydrogen-bond donors (Lipinski definition) is 1. The van der Waals surface area contributed by atoms with Crippen LogP contribution in [0.2, 0.25) is 0 Å². The molecular weight excluding hydrogens is 426 g/mol. The number of phenols is 1. The van der Waals surface area contributed by atoms with Gasteiger partial charge in [-0.15, -0.1) is 11.8 Å². The zero-order valence-electron chi connectivity index (χ0n) is 20.2. The smallest absolute Gasteiger partial charge is 0.324 e. The molecule has 0 saturated carbocycles. The summed E-state index contributed by atoms with van der Waals surface area (Å²) in [5.74, 6) is 0.415. The number of nitrogens with zero attached hydrogens (tertiary/aromatic N) is 5. The summed E-state index contributed by atoms with van der Waals surface area (Å²) in [5.41, 5.74) is 1.32. The van der Waals surface area contributed by atoms with Crippen LogP contribution < -0.4 is 14.9 Å². The van der Waals surface area contributed by atoms with Gasteiger partial charge >= 0.3 is 5.88 Å². The number of aliphatic imine (C=N–C) groups is 1. The Bertz CT molecular complexity index is 932. The van der Waals surface area contributed by atoms with Gasteiger partial charge in [0.2, 0.25) is 5.27 Å². The molecule has 1 N–H and O–H groups in total. The Morgan fingerprint density at radius 3 is 2.22 bits per heavy atom. The van der Waals surface area contributed by atoms with Crippen LogP contribution in [0.15, 0.2) is 32.7 Å². The standard InChI is InChI=1S/C23H35N5O3S/c1-22(2,3)17-12-16(13-18(21(17)30)23(4,5)6)32-15-19(29)24-20-14-28(25-31-20)27-10-8-26(7)9-11-27/h12-14H,8-11,15H2,1-7H3,(H-,24,25,29,30). The highest BCUT2D eigenvalue weighted by Crippen LogP contribution is 2.41. The van der Waals surface area contributed by atoms with Crippen molar-refractivity contribution >= 4 is 23.5 Å². The number of phenolic OH excluding ortho intramolecular Hbond substituents is 1. The van der Waals surface area contributed by atoms with E-state index in [9.17, 15) is 10.2 Å². The molecule has 2 heterocycles. The van der Waals surface area contributed by atoms with Crippen LogP contribution in [0.4, 0.5) is 5.88 Å². The van der Waals surface area contributed by atoms with Crippen molar-refractivity contribution in [2.24, 2.45) is 4.99 Å². The van der Waals surface area contributed by atoms with Gasteiger partial charge in [0, 0.05) is 34.9 Å². The quantitative estimate of drug-likeness (QED) is 0.316. The minimum absolute atomic E-state index is 0.174. The summed E-state index contributed by atoms with van der Waals surface area (Å²) in [4.78, 5) is 8.88. The van der Waals surface area contributed by atoms with E-state index in [1.54, 1.807) is 11.0 Å². The molecule has 1 aromatic carbocycles. The highest BCUT2D eigenvalue weighted by Gasteiger charge is 2.27. The van der Waals surface area contributed by atoms with Gasteiger partial charge in [-0.3, -0.25) is 4.52 Å². The summed E-state index contributed by atoms with van der Waals surface area (Å²) in [7, 11) is 2.09. The van der Waals surface area contributed by atoms with Gasteiger partial charge in [0.1, 0.15) is 5.75 Å². The third kappa shape index (κ3) is 5.95. The van der Waals surface area contributed by atoms with Crippen LogP contribution in [0.1, 0.15) is 52.7 Å². The monoisotopic (exact) mass is 461 g/mol. The topological polar surface area (TPSA) is 92.0 Å². The molecule has 0 amide bonds. The Kier molecular flexibility index (Phi) is 7.09. The summed E-state index contributed by atoms with van der Waals surface area (Å²) in [6, 6.07) is 3.94. The van der Waals surface area contributed by atoms with Crippen molar-refractivity contribution < 1.29 is 19.5 Å². The molecule has 0 bridgehead atoms. The molecule has 176 valence electrons. The first-order valence-corrected chi connectivity index (χ1v) is 11.9. The molecule has 0 radical (unpaired) electrons. The second-order valence-corrected chi connectivity index (χ2v) is 11.4. The maximum Gasteiger partial charge on any atom is 0.324 e. The van der Waals surface area contributed by atoms with Crippen LogP contribution >= 0.6 is 11.8 Å². The highest BCUT2D eigenvalue weighted by molar-refractivity contribution is 8.00. The number of rotatable bonds is 5. The molecular formula is C23H35N5O3S. The largest absolute Gasteiger partial charge is 0.861 e. The lowest BCUT2D eigenvalue weighted by Gasteiger charge is -2.28. The van der Waals surface area contributed by atoms with Crippen molar-refractivity contribution in [3.63, 3.8) is 0 Å². The fourth-order valence-corrected chi connectivity index (χ4v) is 4.31. The molecule has 1 saturated heterocycles.